The highest BCUT2D eigenvalue weighted by Gasteiger charge is 2.29. The van der Waals surface area contributed by atoms with E-state index in [2.05, 4.69) is 14.9 Å². The number of hydrogen-bond acceptors (Lipinski definition) is 5. The summed E-state index contributed by atoms with van der Waals surface area (Å²) in [5, 5.41) is 3.87. The maximum atomic E-state index is 12.2. The molecule has 112 valence electrons. The van der Waals surface area contributed by atoms with Gasteiger partial charge < -0.3 is 4.52 Å². The fourth-order valence-corrected chi connectivity index (χ4v) is 3.60. The normalized spacial score (nSPS) is 21.8. The first-order valence-electron chi connectivity index (χ1n) is 7.22. The van der Waals surface area contributed by atoms with Crippen LogP contribution >= 0.6 is 0 Å². The van der Waals surface area contributed by atoms with Crippen LogP contribution in [0.2, 0.25) is 0 Å². The molecule has 1 aromatic heterocycles. The van der Waals surface area contributed by atoms with Crippen molar-refractivity contribution in [2.24, 2.45) is 0 Å². The number of nitrogens with zero attached hydrogens (tertiary/aromatic N) is 3. The third kappa shape index (κ3) is 3.36. The number of rotatable bonds is 5. The minimum Gasteiger partial charge on any atom is -0.338 e. The molecule has 8 heteroatoms. The van der Waals surface area contributed by atoms with Crippen molar-refractivity contribution in [3.05, 3.63) is 11.7 Å². The molecule has 1 saturated heterocycles. The van der Waals surface area contributed by atoms with E-state index in [1.54, 1.807) is 0 Å². The van der Waals surface area contributed by atoms with Crippen molar-refractivity contribution in [1.29, 1.82) is 0 Å². The van der Waals surface area contributed by atoms with Gasteiger partial charge in [-0.15, -0.1) is 0 Å². The van der Waals surface area contributed by atoms with Crippen molar-refractivity contribution < 1.29 is 12.9 Å². The molecule has 20 heavy (non-hydrogen) atoms. The summed E-state index contributed by atoms with van der Waals surface area (Å²) in [4.78, 5) is 4.22. The highest BCUT2D eigenvalue weighted by atomic mass is 32.2. The lowest BCUT2D eigenvalue weighted by Crippen LogP contribution is -2.40. The Hall–Kier alpha value is -0.990. The van der Waals surface area contributed by atoms with Crippen LogP contribution in [0.1, 0.15) is 56.2 Å². The van der Waals surface area contributed by atoms with Crippen LogP contribution in [0.25, 0.3) is 0 Å². The summed E-state index contributed by atoms with van der Waals surface area (Å²) in [5.74, 6) is 1.45. The van der Waals surface area contributed by atoms with E-state index in [0.29, 0.717) is 30.7 Å². The molecule has 0 spiro atoms. The lowest BCUT2D eigenvalue weighted by Gasteiger charge is -2.19. The topological polar surface area (TPSA) is 88.3 Å². The fourth-order valence-electron chi connectivity index (χ4n) is 2.37. The largest absolute Gasteiger partial charge is 0.338 e. The predicted molar refractivity (Wildman–Crippen MR) is 72.1 cm³/mol. The molecule has 1 aliphatic carbocycles. The second-order valence-corrected chi connectivity index (χ2v) is 7.22. The molecule has 2 aliphatic rings. The summed E-state index contributed by atoms with van der Waals surface area (Å²) in [7, 11) is -3.44. The molecule has 1 aliphatic heterocycles. The minimum absolute atomic E-state index is 0.0680. The molecule has 0 atom stereocenters. The van der Waals surface area contributed by atoms with Crippen LogP contribution in [0.15, 0.2) is 4.52 Å². The van der Waals surface area contributed by atoms with Gasteiger partial charge in [-0.05, 0) is 25.7 Å². The zero-order valence-corrected chi connectivity index (χ0v) is 12.2. The number of hydrogen-bond donors (Lipinski definition) is 1. The molecule has 2 fully saturated rings. The van der Waals surface area contributed by atoms with Crippen molar-refractivity contribution in [2.75, 3.05) is 13.1 Å². The van der Waals surface area contributed by atoms with Crippen LogP contribution < -0.4 is 4.72 Å². The van der Waals surface area contributed by atoms with Gasteiger partial charge in [0, 0.05) is 19.0 Å². The summed E-state index contributed by atoms with van der Waals surface area (Å²) in [6.45, 7) is 1.25. The van der Waals surface area contributed by atoms with Gasteiger partial charge in [0.05, 0.1) is 6.54 Å². The van der Waals surface area contributed by atoms with Gasteiger partial charge in [0.2, 0.25) is 5.89 Å². The standard InChI is InChI=1S/C12H20N4O3S/c17-20(18,16-7-3-1-2-4-8-16)13-9-11-14-12(15-19-11)10-5-6-10/h10,13H,1-9H2. The maximum absolute atomic E-state index is 12.2. The Bertz CT molecular complexity index is 545. The average molecular weight is 300 g/mol. The molecule has 0 radical (unpaired) electrons. The predicted octanol–water partition coefficient (Wildman–Crippen LogP) is 1.16. The van der Waals surface area contributed by atoms with Crippen LogP contribution in [-0.2, 0) is 16.8 Å². The second-order valence-electron chi connectivity index (χ2n) is 5.46. The van der Waals surface area contributed by atoms with Gasteiger partial charge >= 0.3 is 0 Å². The van der Waals surface area contributed by atoms with Crippen molar-refractivity contribution in [2.45, 2.75) is 51.0 Å². The molecule has 7 nitrogen and oxygen atoms in total. The van der Waals surface area contributed by atoms with E-state index >= 15 is 0 Å². The summed E-state index contributed by atoms with van der Waals surface area (Å²) in [5.41, 5.74) is 0. The van der Waals surface area contributed by atoms with Crippen molar-refractivity contribution in [3.63, 3.8) is 0 Å². The molecule has 2 heterocycles. The Kier molecular flexibility index (Phi) is 4.04. The van der Waals surface area contributed by atoms with Crippen molar-refractivity contribution in [3.8, 4) is 0 Å². The summed E-state index contributed by atoms with van der Waals surface area (Å²) < 4.78 is 33.5. The Labute approximate surface area is 118 Å². The average Bonchev–Trinajstić information content (AvgIpc) is 3.21. The molecule has 0 bridgehead atoms. The third-order valence-electron chi connectivity index (χ3n) is 3.74. The SMILES string of the molecule is O=S(=O)(NCc1nc(C2CC2)no1)N1CCCCCC1. The highest BCUT2D eigenvalue weighted by Crippen LogP contribution is 2.38. The quantitative estimate of drug-likeness (QED) is 0.881. The first-order valence-corrected chi connectivity index (χ1v) is 8.66. The zero-order valence-electron chi connectivity index (χ0n) is 11.4. The van der Waals surface area contributed by atoms with Crippen molar-refractivity contribution in [1.82, 2.24) is 19.2 Å². The van der Waals surface area contributed by atoms with Crippen molar-refractivity contribution >= 4 is 10.2 Å². The monoisotopic (exact) mass is 300 g/mol. The van der Waals surface area contributed by atoms with Crippen LogP contribution in [0, 0.1) is 0 Å². The molecule has 1 saturated carbocycles. The lowest BCUT2D eigenvalue weighted by atomic mass is 10.2. The molecule has 3 rings (SSSR count). The highest BCUT2D eigenvalue weighted by molar-refractivity contribution is 7.87. The summed E-state index contributed by atoms with van der Waals surface area (Å²) in [6, 6.07) is 0. The van der Waals surface area contributed by atoms with Gasteiger partial charge in [0.1, 0.15) is 0 Å². The van der Waals surface area contributed by atoms with E-state index in [-0.39, 0.29) is 6.54 Å². The van der Waals surface area contributed by atoms with Crippen LogP contribution in [-0.4, -0.2) is 36.0 Å². The molecular weight excluding hydrogens is 280 g/mol. The summed E-state index contributed by atoms with van der Waals surface area (Å²) in [6.07, 6.45) is 6.23. The third-order valence-corrected chi connectivity index (χ3v) is 5.29. The first-order chi connectivity index (χ1) is 9.65. The van der Waals surface area contributed by atoms with E-state index in [0.717, 1.165) is 38.5 Å². The maximum Gasteiger partial charge on any atom is 0.279 e. The van der Waals surface area contributed by atoms with Crippen LogP contribution in [0.5, 0.6) is 0 Å². The van der Waals surface area contributed by atoms with Gasteiger partial charge in [-0.2, -0.15) is 22.4 Å². The van der Waals surface area contributed by atoms with Gasteiger partial charge in [-0.1, -0.05) is 18.0 Å². The first kappa shape index (κ1) is 14.0. The molecule has 1 N–H and O–H groups in total. The van der Waals surface area contributed by atoms with E-state index in [1.165, 1.54) is 4.31 Å². The Morgan fingerprint density at radius 2 is 1.90 bits per heavy atom. The Morgan fingerprint density at radius 3 is 2.55 bits per heavy atom. The van der Waals surface area contributed by atoms with E-state index < -0.39 is 10.2 Å². The van der Waals surface area contributed by atoms with Gasteiger partial charge in [-0.25, -0.2) is 0 Å². The fraction of sp³-hybridized carbons (Fsp3) is 0.833. The molecular formula is C12H20N4O3S. The summed E-state index contributed by atoms with van der Waals surface area (Å²) >= 11 is 0. The smallest absolute Gasteiger partial charge is 0.279 e. The van der Waals surface area contributed by atoms with Gasteiger partial charge in [0.25, 0.3) is 10.2 Å². The molecule has 0 amide bonds. The van der Waals surface area contributed by atoms with E-state index in [4.69, 9.17) is 4.52 Å². The van der Waals surface area contributed by atoms with Gasteiger partial charge in [-0.3, -0.25) is 0 Å². The van der Waals surface area contributed by atoms with E-state index in [1.807, 2.05) is 0 Å². The van der Waals surface area contributed by atoms with Gasteiger partial charge in [0.15, 0.2) is 5.82 Å². The van der Waals surface area contributed by atoms with Crippen LogP contribution in [0.4, 0.5) is 0 Å². The minimum atomic E-state index is -3.44. The molecule has 1 aromatic rings. The number of nitrogens with one attached hydrogen (secondary N) is 1. The second kappa shape index (κ2) is 5.79. The van der Waals surface area contributed by atoms with E-state index in [9.17, 15) is 8.42 Å². The van der Waals surface area contributed by atoms with Crippen LogP contribution in [0.3, 0.4) is 0 Å². The lowest BCUT2D eigenvalue weighted by molar-refractivity contribution is 0.365. The Morgan fingerprint density at radius 1 is 1.20 bits per heavy atom. The zero-order chi connectivity index (χ0) is 14.0. The molecule has 0 unspecified atom stereocenters. The number of aromatic nitrogens is 2. The molecule has 0 aromatic carbocycles. The Balaban J connectivity index is 1.57.